The molecule has 18 heteroatoms. The van der Waals surface area contributed by atoms with Crippen molar-refractivity contribution in [3.05, 3.63) is 137 Å². The summed E-state index contributed by atoms with van der Waals surface area (Å²) in [6.45, 7) is 7.08. The molecule has 3 N–H and O–H groups in total. The van der Waals surface area contributed by atoms with Gasteiger partial charge in [-0.1, -0.05) is 60.1 Å². The second kappa shape index (κ2) is 20.0. The number of nitrogens with zero attached hydrogens (tertiary/aromatic N) is 5. The van der Waals surface area contributed by atoms with Crippen LogP contribution >= 0.6 is 30.8 Å². The zero-order valence-electron chi connectivity index (χ0n) is 35.3. The second-order valence-corrected chi connectivity index (χ2v) is 17.9. The van der Waals surface area contributed by atoms with E-state index in [2.05, 4.69) is 31.8 Å². The van der Waals surface area contributed by atoms with Gasteiger partial charge < -0.3 is 28.7 Å². The number of aromatic nitrogens is 3. The Labute approximate surface area is 383 Å². The van der Waals surface area contributed by atoms with Crippen molar-refractivity contribution in [3.63, 3.8) is 0 Å². The molecule has 14 nitrogen and oxygen atoms in total. The fourth-order valence-electron chi connectivity index (χ4n) is 7.50. The van der Waals surface area contributed by atoms with E-state index in [0.717, 1.165) is 54.3 Å². The average molecular weight is 940 g/mol. The molecule has 3 aromatic heterocycles. The minimum atomic E-state index is -4.78. The number of ether oxygens (including phenoxy) is 3. The largest absolute Gasteiger partial charge is 0.524 e. The first kappa shape index (κ1) is 45.6. The molecule has 4 aromatic carbocycles. The van der Waals surface area contributed by atoms with Gasteiger partial charge in [-0.3, -0.25) is 14.7 Å². The number of halogens is 2. The Bertz CT molecular complexity index is 2870. The maximum absolute atomic E-state index is 14.2. The van der Waals surface area contributed by atoms with Crippen LogP contribution in [0.15, 0.2) is 109 Å². The lowest BCUT2D eigenvalue weighted by atomic mass is 9.95. The van der Waals surface area contributed by atoms with Gasteiger partial charge in [0.15, 0.2) is 11.9 Å². The molecule has 336 valence electrons. The summed E-state index contributed by atoms with van der Waals surface area (Å²) < 4.78 is 49.2. The Morgan fingerprint density at radius 2 is 1.66 bits per heavy atom. The molecular weight excluding hydrogens is 896 g/mol. The van der Waals surface area contributed by atoms with Crippen molar-refractivity contribution in [3.8, 4) is 56.0 Å². The lowest BCUT2D eigenvalue weighted by molar-refractivity contribution is -0.145. The Kier molecular flexibility index (Phi) is 14.1. The van der Waals surface area contributed by atoms with Gasteiger partial charge in [-0.25, -0.2) is 28.7 Å². The van der Waals surface area contributed by atoms with Crippen molar-refractivity contribution in [2.45, 2.75) is 26.1 Å². The topological polar surface area (TPSA) is 177 Å². The van der Waals surface area contributed by atoms with Gasteiger partial charge in [-0.2, -0.15) is 0 Å². The van der Waals surface area contributed by atoms with E-state index in [0.29, 0.717) is 55.7 Å². The summed E-state index contributed by atoms with van der Waals surface area (Å²) in [4.78, 5) is 51.1. The highest BCUT2D eigenvalue weighted by Crippen LogP contribution is 2.50. The molecule has 1 unspecified atom stereocenters. The molecule has 7 aromatic rings. The number of likely N-dealkylation sites (N-methyl/N-ethyl adjacent to an activating group) is 1. The highest BCUT2D eigenvalue weighted by atomic mass is 35.5. The Hall–Kier alpha value is -5.97. The summed E-state index contributed by atoms with van der Waals surface area (Å²) in [6, 6.07) is 26.3. The van der Waals surface area contributed by atoms with E-state index in [1.165, 1.54) is 41.8 Å². The quantitative estimate of drug-likeness (QED) is 0.0738. The molecule has 8 rings (SSSR count). The maximum atomic E-state index is 14.2. The lowest BCUT2D eigenvalue weighted by Gasteiger charge is -2.32. The van der Waals surface area contributed by atoms with E-state index in [1.54, 1.807) is 66.9 Å². The number of piperazine rings is 1. The van der Waals surface area contributed by atoms with Gasteiger partial charge in [-0.15, -0.1) is 11.3 Å². The van der Waals surface area contributed by atoms with E-state index >= 15 is 0 Å². The number of pyridine rings is 1. The van der Waals surface area contributed by atoms with Crippen LogP contribution in [-0.2, 0) is 22.4 Å². The third-order valence-corrected chi connectivity index (χ3v) is 12.9. The molecule has 1 saturated heterocycles. The predicted molar refractivity (Wildman–Crippen MR) is 246 cm³/mol. The number of carboxylic acid groups (broad SMARTS) is 1. The van der Waals surface area contributed by atoms with Crippen LogP contribution < -0.4 is 18.7 Å². The number of rotatable bonds is 17. The molecule has 1 aliphatic heterocycles. The Morgan fingerprint density at radius 3 is 2.43 bits per heavy atom. The van der Waals surface area contributed by atoms with E-state index in [-0.39, 0.29) is 36.2 Å². The molecule has 0 bridgehead atoms. The van der Waals surface area contributed by atoms with Crippen LogP contribution in [0.4, 0.5) is 4.39 Å². The number of para-hydroxylation sites is 1. The van der Waals surface area contributed by atoms with E-state index in [9.17, 15) is 28.6 Å². The van der Waals surface area contributed by atoms with E-state index < -0.39 is 19.9 Å². The summed E-state index contributed by atoms with van der Waals surface area (Å²) in [5, 5.41) is 11.7. The third-order valence-electron chi connectivity index (χ3n) is 10.9. The van der Waals surface area contributed by atoms with Gasteiger partial charge in [0.1, 0.15) is 46.9 Å². The summed E-state index contributed by atoms with van der Waals surface area (Å²) in [7, 11) is -2.66. The highest BCUT2D eigenvalue weighted by Gasteiger charge is 2.28. The second-order valence-electron chi connectivity index (χ2n) is 15.4. The Morgan fingerprint density at radius 1 is 0.892 bits per heavy atom. The summed E-state index contributed by atoms with van der Waals surface area (Å²) >= 11 is 8.44. The number of phosphoric acid groups is 1. The molecule has 0 spiro atoms. The molecule has 0 aliphatic carbocycles. The normalized spacial score (nSPS) is 14.0. The van der Waals surface area contributed by atoms with Crippen molar-refractivity contribution in [2.24, 2.45) is 0 Å². The van der Waals surface area contributed by atoms with Gasteiger partial charge in [0.2, 0.25) is 0 Å². The van der Waals surface area contributed by atoms with Crippen LogP contribution in [0.3, 0.4) is 0 Å². The monoisotopic (exact) mass is 939 g/mol. The highest BCUT2D eigenvalue weighted by molar-refractivity contribution is 7.46. The van der Waals surface area contributed by atoms with Crippen molar-refractivity contribution in [1.82, 2.24) is 24.8 Å². The minimum absolute atomic E-state index is 0.0127. The molecule has 0 radical (unpaired) electrons. The van der Waals surface area contributed by atoms with Crippen molar-refractivity contribution in [1.29, 1.82) is 0 Å². The van der Waals surface area contributed by atoms with E-state index in [4.69, 9.17) is 30.3 Å². The van der Waals surface area contributed by atoms with Crippen LogP contribution in [0.25, 0.3) is 43.2 Å². The number of fused-ring (bicyclic) bond motifs is 1. The Balaban J connectivity index is 1.06. The molecule has 0 amide bonds. The third kappa shape index (κ3) is 11.1. The van der Waals surface area contributed by atoms with Crippen molar-refractivity contribution < 1.29 is 47.4 Å². The fraction of sp³-hybridized carbons (Fsp3) is 0.234. The average Bonchev–Trinajstić information content (AvgIpc) is 3.68. The number of carbonyl (C=O) groups is 1. The number of hydrogen-bond donors (Lipinski definition) is 3. The fourth-order valence-corrected chi connectivity index (χ4v) is 9.28. The summed E-state index contributed by atoms with van der Waals surface area (Å²) in [5.41, 5.74) is 4.44. The number of hydrogen-bond acceptors (Lipinski definition) is 12. The van der Waals surface area contributed by atoms with Crippen LogP contribution in [0, 0.1) is 12.7 Å². The molecular formula is C47H44ClFN5O9PS. The van der Waals surface area contributed by atoms with Crippen LogP contribution in [0.5, 0.6) is 23.0 Å². The smallest absolute Gasteiger partial charge is 0.491 e. The van der Waals surface area contributed by atoms with Crippen LogP contribution in [0.2, 0.25) is 5.02 Å². The minimum Gasteiger partial charge on any atom is -0.491 e. The number of benzene rings is 4. The lowest BCUT2D eigenvalue weighted by Crippen LogP contribution is -2.45. The first-order chi connectivity index (χ1) is 31.3. The number of thiophene rings is 1. The molecule has 4 heterocycles. The number of carboxylic acids is 1. The van der Waals surface area contributed by atoms with Crippen molar-refractivity contribution in [2.75, 3.05) is 46.4 Å². The molecule has 0 saturated carbocycles. The van der Waals surface area contributed by atoms with Crippen molar-refractivity contribution >= 4 is 46.9 Å². The first-order valence-electron chi connectivity index (χ1n) is 20.6. The summed E-state index contributed by atoms with van der Waals surface area (Å²) in [6.07, 6.45) is 1.64. The standard InChI is InChI=1S/C47H44ClFN5O9PS/c1-29-36(14-15-39(43(29)48)60-25-24-54-22-20-53(2)21-23-54)41-42-38(17-19-51-46(42)65-44(41)30-10-12-33(49)13-11-30)62-40(47(55)56)27-31-6-3-4-9-37(31)61-28-34-16-18-50-45(52-34)32-7-5-8-35(26-32)63-64(57,58)59/h3-19,26,40H,20-25,27-28H2,1-2H3,(H,55,56)(H2,57,58,59). The molecule has 1 aliphatic rings. The first-order valence-corrected chi connectivity index (χ1v) is 23.3. The molecule has 65 heavy (non-hydrogen) atoms. The maximum Gasteiger partial charge on any atom is 0.524 e. The van der Waals surface area contributed by atoms with Gasteiger partial charge in [0.05, 0.1) is 16.1 Å². The molecule has 1 fully saturated rings. The van der Waals surface area contributed by atoms with Gasteiger partial charge >= 0.3 is 13.8 Å². The number of aliphatic carboxylic acids is 1. The summed E-state index contributed by atoms with van der Waals surface area (Å²) in [5.74, 6) is -0.126. The van der Waals surface area contributed by atoms with Gasteiger partial charge in [-0.05, 0) is 84.8 Å². The van der Waals surface area contributed by atoms with Crippen LogP contribution in [0.1, 0.15) is 16.8 Å². The van der Waals surface area contributed by atoms with Gasteiger partial charge in [0.25, 0.3) is 0 Å². The molecule has 1 atom stereocenters. The van der Waals surface area contributed by atoms with Gasteiger partial charge in [0, 0.05) is 67.5 Å². The zero-order chi connectivity index (χ0) is 45.7. The predicted octanol–water partition coefficient (Wildman–Crippen LogP) is 8.94. The SMILES string of the molecule is Cc1c(-c2c(-c3ccc(F)cc3)sc3nccc(OC(Cc4ccccc4OCc4ccnc(-c5cccc(OP(=O)(O)O)c5)n4)C(=O)O)c23)ccc(OCCN2CCN(C)CC2)c1Cl. The zero-order valence-corrected chi connectivity index (χ0v) is 37.7. The number of phosphoric ester groups is 1. The van der Waals surface area contributed by atoms with E-state index in [1.807, 2.05) is 19.1 Å². The van der Waals surface area contributed by atoms with Crippen LogP contribution in [-0.4, -0.2) is 98.1 Å².